The van der Waals surface area contributed by atoms with E-state index in [-0.39, 0.29) is 5.82 Å². The highest BCUT2D eigenvalue weighted by molar-refractivity contribution is 7.15. The Labute approximate surface area is 91.6 Å². The van der Waals surface area contributed by atoms with E-state index in [4.69, 9.17) is 5.73 Å². The van der Waals surface area contributed by atoms with E-state index in [9.17, 15) is 4.39 Å². The molecule has 0 radical (unpaired) electrons. The second-order valence-electron chi connectivity index (χ2n) is 3.36. The molecule has 0 aliphatic heterocycles. The number of hydrogen-bond acceptors (Lipinski definition) is 3. The van der Waals surface area contributed by atoms with E-state index in [0.717, 1.165) is 16.1 Å². The molecular weight excluding hydrogens is 211 g/mol. The molecule has 2 nitrogen and oxygen atoms in total. The Morgan fingerprint density at radius 1 is 1.47 bits per heavy atom. The van der Waals surface area contributed by atoms with Crippen molar-refractivity contribution in [3.8, 4) is 0 Å². The fourth-order valence-corrected chi connectivity index (χ4v) is 2.16. The van der Waals surface area contributed by atoms with Gasteiger partial charge in [-0.15, -0.1) is 11.3 Å². The largest absolute Gasteiger partial charge is 0.375 e. The molecule has 0 aliphatic carbocycles. The Kier molecular flexibility index (Phi) is 2.68. The first-order valence-electron chi connectivity index (χ1n) is 4.61. The van der Waals surface area contributed by atoms with Crippen LogP contribution in [0.15, 0.2) is 24.3 Å². The molecule has 0 atom stereocenters. The fraction of sp³-hybridized carbons (Fsp3) is 0.182. The second kappa shape index (κ2) is 3.98. The van der Waals surface area contributed by atoms with Gasteiger partial charge in [0.15, 0.2) is 5.13 Å². The zero-order valence-electron chi connectivity index (χ0n) is 8.33. The van der Waals surface area contributed by atoms with Crippen molar-refractivity contribution in [2.45, 2.75) is 13.3 Å². The summed E-state index contributed by atoms with van der Waals surface area (Å²) in [6.07, 6.45) is 0.636. The standard InChI is InChI=1S/C11H11FN2S/c1-7-10(14-11(13)15-7)6-8-3-2-4-9(12)5-8/h2-5H,6H2,1H3,(H2,13,14). The summed E-state index contributed by atoms with van der Waals surface area (Å²) in [6, 6.07) is 6.55. The molecule has 0 saturated heterocycles. The highest BCUT2D eigenvalue weighted by Crippen LogP contribution is 2.21. The molecule has 0 spiro atoms. The molecule has 2 N–H and O–H groups in total. The number of aromatic nitrogens is 1. The van der Waals surface area contributed by atoms with Gasteiger partial charge in [-0.1, -0.05) is 12.1 Å². The Morgan fingerprint density at radius 2 is 2.27 bits per heavy atom. The molecule has 78 valence electrons. The van der Waals surface area contributed by atoms with E-state index in [2.05, 4.69) is 4.98 Å². The number of aryl methyl sites for hydroxylation is 1. The number of thiazole rings is 1. The van der Waals surface area contributed by atoms with Crippen LogP contribution >= 0.6 is 11.3 Å². The van der Waals surface area contributed by atoms with Gasteiger partial charge in [0.2, 0.25) is 0 Å². The zero-order valence-corrected chi connectivity index (χ0v) is 9.14. The molecule has 2 rings (SSSR count). The van der Waals surface area contributed by atoms with Crippen LogP contribution in [-0.2, 0) is 6.42 Å². The van der Waals surface area contributed by atoms with Crippen LogP contribution in [0.25, 0.3) is 0 Å². The minimum atomic E-state index is -0.214. The van der Waals surface area contributed by atoms with Gasteiger partial charge in [-0.25, -0.2) is 9.37 Å². The number of nitrogens with two attached hydrogens (primary N) is 1. The van der Waals surface area contributed by atoms with E-state index in [1.54, 1.807) is 6.07 Å². The van der Waals surface area contributed by atoms with Gasteiger partial charge in [-0.05, 0) is 24.6 Å². The van der Waals surface area contributed by atoms with Crippen LogP contribution in [0, 0.1) is 12.7 Å². The average Bonchev–Trinajstić information content (AvgIpc) is 2.45. The van der Waals surface area contributed by atoms with E-state index in [1.807, 2.05) is 13.0 Å². The number of benzene rings is 1. The summed E-state index contributed by atoms with van der Waals surface area (Å²) < 4.78 is 12.9. The SMILES string of the molecule is Cc1sc(N)nc1Cc1cccc(F)c1. The number of nitrogen functional groups attached to an aromatic ring is 1. The van der Waals surface area contributed by atoms with Crippen molar-refractivity contribution in [3.63, 3.8) is 0 Å². The Morgan fingerprint density at radius 3 is 2.87 bits per heavy atom. The van der Waals surface area contributed by atoms with Gasteiger partial charge in [-0.2, -0.15) is 0 Å². The monoisotopic (exact) mass is 222 g/mol. The lowest BCUT2D eigenvalue weighted by Crippen LogP contribution is -1.92. The number of hydrogen-bond donors (Lipinski definition) is 1. The third-order valence-electron chi connectivity index (χ3n) is 2.17. The Bertz CT molecular complexity index is 479. The molecule has 0 fully saturated rings. The fourth-order valence-electron chi connectivity index (χ4n) is 1.45. The quantitative estimate of drug-likeness (QED) is 0.848. The van der Waals surface area contributed by atoms with Crippen LogP contribution in [0.2, 0.25) is 0 Å². The van der Waals surface area contributed by atoms with Gasteiger partial charge in [0.1, 0.15) is 5.82 Å². The lowest BCUT2D eigenvalue weighted by atomic mass is 10.1. The van der Waals surface area contributed by atoms with Crippen molar-refractivity contribution >= 4 is 16.5 Å². The zero-order chi connectivity index (χ0) is 10.8. The van der Waals surface area contributed by atoms with Crippen LogP contribution in [-0.4, -0.2) is 4.98 Å². The van der Waals surface area contributed by atoms with Crippen molar-refractivity contribution in [2.75, 3.05) is 5.73 Å². The van der Waals surface area contributed by atoms with Gasteiger partial charge >= 0.3 is 0 Å². The highest BCUT2D eigenvalue weighted by atomic mass is 32.1. The topological polar surface area (TPSA) is 38.9 Å². The molecular formula is C11H11FN2S. The molecule has 2 aromatic rings. The first kappa shape index (κ1) is 10.1. The summed E-state index contributed by atoms with van der Waals surface area (Å²) in [7, 11) is 0. The number of rotatable bonds is 2. The van der Waals surface area contributed by atoms with Crippen LogP contribution in [0.3, 0.4) is 0 Å². The van der Waals surface area contributed by atoms with Crippen molar-refractivity contribution in [1.82, 2.24) is 4.98 Å². The normalized spacial score (nSPS) is 10.5. The summed E-state index contributed by atoms with van der Waals surface area (Å²) in [5.74, 6) is -0.214. The van der Waals surface area contributed by atoms with Crippen LogP contribution < -0.4 is 5.73 Å². The molecule has 1 aromatic carbocycles. The van der Waals surface area contributed by atoms with E-state index < -0.39 is 0 Å². The molecule has 1 aromatic heterocycles. The maximum absolute atomic E-state index is 12.9. The molecule has 0 aliphatic rings. The third kappa shape index (κ3) is 2.33. The summed E-state index contributed by atoms with van der Waals surface area (Å²) in [5.41, 5.74) is 7.45. The summed E-state index contributed by atoms with van der Waals surface area (Å²) in [6.45, 7) is 1.97. The second-order valence-corrected chi connectivity index (χ2v) is 4.60. The maximum atomic E-state index is 12.9. The van der Waals surface area contributed by atoms with Crippen molar-refractivity contribution in [1.29, 1.82) is 0 Å². The van der Waals surface area contributed by atoms with Crippen molar-refractivity contribution in [3.05, 3.63) is 46.2 Å². The van der Waals surface area contributed by atoms with Gasteiger partial charge in [0.25, 0.3) is 0 Å². The minimum Gasteiger partial charge on any atom is -0.375 e. The maximum Gasteiger partial charge on any atom is 0.180 e. The number of anilines is 1. The molecule has 0 amide bonds. The van der Waals surface area contributed by atoms with Crippen molar-refractivity contribution in [2.24, 2.45) is 0 Å². The van der Waals surface area contributed by atoms with Crippen LogP contribution in [0.4, 0.5) is 9.52 Å². The van der Waals surface area contributed by atoms with E-state index in [0.29, 0.717) is 11.6 Å². The van der Waals surface area contributed by atoms with E-state index in [1.165, 1.54) is 23.5 Å². The van der Waals surface area contributed by atoms with Gasteiger partial charge in [0, 0.05) is 11.3 Å². The van der Waals surface area contributed by atoms with Gasteiger partial charge < -0.3 is 5.73 Å². The lowest BCUT2D eigenvalue weighted by Gasteiger charge is -1.99. The first-order valence-corrected chi connectivity index (χ1v) is 5.43. The Hall–Kier alpha value is -1.42. The van der Waals surface area contributed by atoms with Gasteiger partial charge in [-0.3, -0.25) is 0 Å². The molecule has 0 bridgehead atoms. The predicted molar refractivity (Wildman–Crippen MR) is 60.5 cm³/mol. The third-order valence-corrected chi connectivity index (χ3v) is 3.01. The van der Waals surface area contributed by atoms with Crippen molar-refractivity contribution < 1.29 is 4.39 Å². The van der Waals surface area contributed by atoms with Gasteiger partial charge in [0.05, 0.1) is 5.69 Å². The molecule has 0 unspecified atom stereocenters. The van der Waals surface area contributed by atoms with Crippen LogP contribution in [0.5, 0.6) is 0 Å². The predicted octanol–water partition coefficient (Wildman–Crippen LogP) is 2.76. The lowest BCUT2D eigenvalue weighted by molar-refractivity contribution is 0.626. The summed E-state index contributed by atoms with van der Waals surface area (Å²) >= 11 is 1.47. The number of halogens is 1. The first-order chi connectivity index (χ1) is 7.15. The molecule has 15 heavy (non-hydrogen) atoms. The highest BCUT2D eigenvalue weighted by Gasteiger charge is 2.06. The summed E-state index contributed by atoms with van der Waals surface area (Å²) in [5, 5.41) is 0.568. The Balaban J connectivity index is 2.25. The smallest absolute Gasteiger partial charge is 0.180 e. The average molecular weight is 222 g/mol. The minimum absolute atomic E-state index is 0.214. The number of nitrogens with zero attached hydrogens (tertiary/aromatic N) is 1. The van der Waals surface area contributed by atoms with E-state index >= 15 is 0 Å². The summed E-state index contributed by atoms with van der Waals surface area (Å²) in [4.78, 5) is 5.30. The molecule has 4 heteroatoms. The molecule has 0 saturated carbocycles. The van der Waals surface area contributed by atoms with Crippen LogP contribution in [0.1, 0.15) is 16.1 Å². The molecule has 1 heterocycles.